The zero-order chi connectivity index (χ0) is 16.3. The normalized spacial score (nSPS) is 17.3. The zero-order valence-electron chi connectivity index (χ0n) is 12.7. The number of ether oxygens (including phenoxy) is 1. The molecule has 0 aliphatic carbocycles. The lowest BCUT2D eigenvalue weighted by molar-refractivity contribution is -0.138. The minimum Gasteiger partial charge on any atom is -0.381 e. The van der Waals surface area contributed by atoms with Crippen molar-refractivity contribution in [2.75, 3.05) is 18.5 Å². The van der Waals surface area contributed by atoms with Crippen LogP contribution in [0.4, 0.5) is 18.9 Å². The third kappa shape index (κ3) is 5.09. The highest BCUT2D eigenvalue weighted by atomic mass is 35.5. The Balaban J connectivity index is 0.00000264. The van der Waals surface area contributed by atoms with E-state index in [1.807, 2.05) is 0 Å². The second kappa shape index (κ2) is 7.99. The van der Waals surface area contributed by atoms with Gasteiger partial charge >= 0.3 is 6.18 Å². The molecule has 0 bridgehead atoms. The maximum absolute atomic E-state index is 12.9. The zero-order valence-corrected chi connectivity index (χ0v) is 13.5. The second-order valence-corrected chi connectivity index (χ2v) is 5.49. The maximum Gasteiger partial charge on any atom is 0.416 e. The van der Waals surface area contributed by atoms with Crippen LogP contribution in [0.5, 0.6) is 0 Å². The van der Waals surface area contributed by atoms with E-state index in [0.717, 1.165) is 6.07 Å². The van der Waals surface area contributed by atoms with Crippen molar-refractivity contribution in [3.8, 4) is 0 Å². The van der Waals surface area contributed by atoms with Crippen LogP contribution in [0.15, 0.2) is 18.2 Å². The van der Waals surface area contributed by atoms with Gasteiger partial charge in [0.05, 0.1) is 11.6 Å². The van der Waals surface area contributed by atoms with E-state index < -0.39 is 23.7 Å². The lowest BCUT2D eigenvalue weighted by Gasteiger charge is -2.26. The molecular weight excluding hydrogens is 333 g/mol. The number of alkyl halides is 3. The van der Waals surface area contributed by atoms with Crippen molar-refractivity contribution >= 4 is 24.0 Å². The first-order valence-electron chi connectivity index (χ1n) is 7.11. The molecule has 2 rings (SSSR count). The number of hydrogen-bond donors (Lipinski definition) is 2. The monoisotopic (exact) mass is 352 g/mol. The van der Waals surface area contributed by atoms with Crippen LogP contribution in [-0.4, -0.2) is 25.2 Å². The van der Waals surface area contributed by atoms with Crippen LogP contribution >= 0.6 is 12.4 Å². The summed E-state index contributed by atoms with van der Waals surface area (Å²) < 4.78 is 43.8. The number of nitrogens with two attached hydrogens (primary N) is 1. The molecule has 1 heterocycles. The van der Waals surface area contributed by atoms with Gasteiger partial charge in [-0.15, -0.1) is 12.4 Å². The summed E-state index contributed by atoms with van der Waals surface area (Å²) in [6.07, 6.45) is -3.10. The molecule has 1 aromatic rings. The quantitative estimate of drug-likeness (QED) is 0.878. The average molecular weight is 353 g/mol. The molecule has 0 spiro atoms. The summed E-state index contributed by atoms with van der Waals surface area (Å²) in [5, 5.41) is 2.47. The number of carbonyl (C=O) groups excluding carboxylic acids is 1. The summed E-state index contributed by atoms with van der Waals surface area (Å²) >= 11 is 0. The summed E-state index contributed by atoms with van der Waals surface area (Å²) in [4.78, 5) is 12.1. The fourth-order valence-electron chi connectivity index (χ4n) is 2.52. The van der Waals surface area contributed by atoms with Gasteiger partial charge in [-0.25, -0.2) is 0 Å². The first kappa shape index (κ1) is 19.7. The molecule has 1 amide bonds. The van der Waals surface area contributed by atoms with E-state index in [2.05, 4.69) is 5.32 Å². The topological polar surface area (TPSA) is 64.4 Å². The predicted octanol–water partition coefficient (Wildman–Crippen LogP) is 3.13. The lowest BCUT2D eigenvalue weighted by atomic mass is 9.92. The molecule has 1 aromatic carbocycles. The standard InChI is InChI=1S/C15H19F3N2O2.ClH/c1-9-2-3-11(8-12(9)15(16,17)18)20-14(21)13(19)10-4-6-22-7-5-10;/h2-3,8,10,13H,4-7,19H2,1H3,(H,20,21);1H. The van der Waals surface area contributed by atoms with Crippen molar-refractivity contribution in [2.45, 2.75) is 32.0 Å². The van der Waals surface area contributed by atoms with Crippen LogP contribution in [-0.2, 0) is 15.7 Å². The Kier molecular flexibility index (Phi) is 6.85. The van der Waals surface area contributed by atoms with Crippen LogP contribution in [0.2, 0.25) is 0 Å². The van der Waals surface area contributed by atoms with Crippen molar-refractivity contribution in [3.63, 3.8) is 0 Å². The molecule has 130 valence electrons. The highest BCUT2D eigenvalue weighted by Crippen LogP contribution is 2.33. The van der Waals surface area contributed by atoms with Crippen molar-refractivity contribution in [2.24, 2.45) is 11.7 Å². The van der Waals surface area contributed by atoms with Crippen molar-refractivity contribution in [3.05, 3.63) is 29.3 Å². The van der Waals surface area contributed by atoms with Crippen molar-refractivity contribution in [1.29, 1.82) is 0 Å². The number of aryl methyl sites for hydroxylation is 1. The Hall–Kier alpha value is -1.31. The Morgan fingerprint density at radius 2 is 1.96 bits per heavy atom. The van der Waals surface area contributed by atoms with Gasteiger partial charge in [0.2, 0.25) is 5.91 Å². The molecule has 4 nitrogen and oxygen atoms in total. The highest BCUT2D eigenvalue weighted by Gasteiger charge is 2.33. The smallest absolute Gasteiger partial charge is 0.381 e. The molecule has 3 N–H and O–H groups in total. The lowest BCUT2D eigenvalue weighted by Crippen LogP contribution is -2.44. The molecule has 0 radical (unpaired) electrons. The maximum atomic E-state index is 12.9. The summed E-state index contributed by atoms with van der Waals surface area (Å²) in [6, 6.07) is 2.96. The van der Waals surface area contributed by atoms with Gasteiger partial charge in [0, 0.05) is 18.9 Å². The van der Waals surface area contributed by atoms with Gasteiger partial charge < -0.3 is 15.8 Å². The minimum absolute atomic E-state index is 0. The van der Waals surface area contributed by atoms with E-state index >= 15 is 0 Å². The van der Waals surface area contributed by atoms with Crippen LogP contribution in [0.25, 0.3) is 0 Å². The fraction of sp³-hybridized carbons (Fsp3) is 0.533. The molecule has 0 aromatic heterocycles. The Bertz CT molecular complexity index is 546. The third-order valence-corrected chi connectivity index (χ3v) is 3.89. The van der Waals surface area contributed by atoms with Crippen LogP contribution < -0.4 is 11.1 Å². The largest absolute Gasteiger partial charge is 0.416 e. The first-order valence-corrected chi connectivity index (χ1v) is 7.11. The molecule has 1 unspecified atom stereocenters. The summed E-state index contributed by atoms with van der Waals surface area (Å²) in [5.74, 6) is -0.481. The number of anilines is 1. The summed E-state index contributed by atoms with van der Waals surface area (Å²) in [7, 11) is 0. The van der Waals surface area contributed by atoms with E-state index in [9.17, 15) is 18.0 Å². The van der Waals surface area contributed by atoms with Gasteiger partial charge in [0.25, 0.3) is 0 Å². The molecule has 1 aliphatic heterocycles. The van der Waals surface area contributed by atoms with Crippen LogP contribution in [0.3, 0.4) is 0 Å². The molecule has 1 fully saturated rings. The molecular formula is C15H20ClF3N2O2. The number of benzene rings is 1. The Morgan fingerprint density at radius 1 is 1.35 bits per heavy atom. The number of hydrogen-bond acceptors (Lipinski definition) is 3. The summed E-state index contributed by atoms with van der Waals surface area (Å²) in [6.45, 7) is 2.48. The number of halogens is 4. The number of nitrogens with one attached hydrogen (secondary N) is 1. The SMILES string of the molecule is Cc1ccc(NC(=O)C(N)C2CCOCC2)cc1C(F)(F)F.Cl. The van der Waals surface area contributed by atoms with Crippen LogP contribution in [0, 0.1) is 12.8 Å². The predicted molar refractivity (Wildman–Crippen MR) is 83.6 cm³/mol. The van der Waals surface area contributed by atoms with Crippen LogP contribution in [0.1, 0.15) is 24.0 Å². The van der Waals surface area contributed by atoms with Gasteiger partial charge in [-0.3, -0.25) is 4.79 Å². The van der Waals surface area contributed by atoms with E-state index in [4.69, 9.17) is 10.5 Å². The van der Waals surface area contributed by atoms with Gasteiger partial charge in [0.15, 0.2) is 0 Å². The van der Waals surface area contributed by atoms with E-state index in [1.54, 1.807) is 0 Å². The van der Waals surface area contributed by atoms with Gasteiger partial charge in [-0.05, 0) is 43.4 Å². The van der Waals surface area contributed by atoms with E-state index in [1.165, 1.54) is 19.1 Å². The molecule has 1 atom stereocenters. The van der Waals surface area contributed by atoms with Gasteiger partial charge in [-0.1, -0.05) is 6.07 Å². The molecule has 1 saturated heterocycles. The Morgan fingerprint density at radius 3 is 2.52 bits per heavy atom. The molecule has 0 saturated carbocycles. The number of rotatable bonds is 3. The van der Waals surface area contributed by atoms with Gasteiger partial charge in [0.1, 0.15) is 0 Å². The highest BCUT2D eigenvalue weighted by molar-refractivity contribution is 5.95. The molecule has 8 heteroatoms. The third-order valence-electron chi connectivity index (χ3n) is 3.89. The van der Waals surface area contributed by atoms with E-state index in [-0.39, 0.29) is 29.6 Å². The van der Waals surface area contributed by atoms with Gasteiger partial charge in [-0.2, -0.15) is 13.2 Å². The number of carbonyl (C=O) groups is 1. The van der Waals surface area contributed by atoms with Crippen molar-refractivity contribution in [1.82, 2.24) is 0 Å². The summed E-state index contributed by atoms with van der Waals surface area (Å²) in [5.41, 5.74) is 5.36. The average Bonchev–Trinajstić information content (AvgIpc) is 2.48. The molecule has 23 heavy (non-hydrogen) atoms. The first-order chi connectivity index (χ1) is 10.3. The fourth-order valence-corrected chi connectivity index (χ4v) is 2.52. The number of amides is 1. The van der Waals surface area contributed by atoms with E-state index in [0.29, 0.717) is 26.1 Å². The molecule has 1 aliphatic rings. The van der Waals surface area contributed by atoms with Crippen molar-refractivity contribution < 1.29 is 22.7 Å². The Labute approximate surface area is 139 Å². The minimum atomic E-state index is -4.45. The second-order valence-electron chi connectivity index (χ2n) is 5.49.